The fourth-order valence-corrected chi connectivity index (χ4v) is 3.39. The van der Waals surface area contributed by atoms with Crippen LogP contribution in [-0.4, -0.2) is 41.6 Å². The van der Waals surface area contributed by atoms with Gasteiger partial charge >= 0.3 is 6.18 Å². The number of aromatic nitrogens is 7. The van der Waals surface area contributed by atoms with E-state index >= 15 is 0 Å². The molecule has 0 bridgehead atoms. The molecule has 1 fully saturated rings. The number of aryl methyl sites for hydroxylation is 1. The molecule has 0 aromatic carbocycles. The Morgan fingerprint density at radius 1 is 1.10 bits per heavy atom. The molecule has 0 amide bonds. The van der Waals surface area contributed by atoms with Crippen molar-refractivity contribution in [2.24, 2.45) is 0 Å². The molecule has 0 radical (unpaired) electrons. The van der Waals surface area contributed by atoms with Crippen molar-refractivity contribution in [1.82, 2.24) is 34.5 Å². The maximum atomic E-state index is 13.0. The minimum absolute atomic E-state index is 0.0644. The van der Waals surface area contributed by atoms with Crippen molar-refractivity contribution in [2.45, 2.75) is 44.9 Å². The molecular formula is C17H20F3N9. The molecule has 3 heterocycles. The molecule has 4 rings (SSSR count). The third kappa shape index (κ3) is 3.61. The first-order chi connectivity index (χ1) is 13.8. The van der Waals surface area contributed by atoms with Crippen molar-refractivity contribution < 1.29 is 13.2 Å². The topological polar surface area (TPSA) is 98.4 Å². The van der Waals surface area contributed by atoms with Crippen molar-refractivity contribution in [3.8, 4) is 0 Å². The zero-order valence-electron chi connectivity index (χ0n) is 16.1. The first-order valence-corrected chi connectivity index (χ1v) is 9.07. The first kappa shape index (κ1) is 19.2. The van der Waals surface area contributed by atoms with Gasteiger partial charge in [0, 0.05) is 13.2 Å². The Morgan fingerprint density at radius 2 is 1.86 bits per heavy atom. The van der Waals surface area contributed by atoms with Crippen LogP contribution in [0.3, 0.4) is 0 Å². The summed E-state index contributed by atoms with van der Waals surface area (Å²) in [6.45, 7) is 3.75. The van der Waals surface area contributed by atoms with Gasteiger partial charge in [-0.25, -0.2) is 14.6 Å². The Kier molecular flexibility index (Phi) is 4.63. The molecule has 1 saturated carbocycles. The summed E-state index contributed by atoms with van der Waals surface area (Å²) in [6, 6.07) is 0.513. The predicted molar refractivity (Wildman–Crippen MR) is 98.9 cm³/mol. The molecule has 1 aliphatic rings. The molecule has 12 heteroatoms. The van der Waals surface area contributed by atoms with Crippen molar-refractivity contribution in [3.63, 3.8) is 0 Å². The van der Waals surface area contributed by atoms with Crippen LogP contribution in [0.2, 0.25) is 0 Å². The fourth-order valence-electron chi connectivity index (χ4n) is 3.39. The summed E-state index contributed by atoms with van der Waals surface area (Å²) in [5.74, 6) is 0.521. The second kappa shape index (κ2) is 7.01. The van der Waals surface area contributed by atoms with Gasteiger partial charge in [0.2, 0.25) is 5.95 Å². The van der Waals surface area contributed by atoms with E-state index in [0.29, 0.717) is 5.69 Å². The third-order valence-corrected chi connectivity index (χ3v) is 5.05. The molecule has 2 N–H and O–H groups in total. The zero-order valence-corrected chi connectivity index (χ0v) is 16.1. The lowest BCUT2D eigenvalue weighted by Crippen LogP contribution is -2.30. The Morgan fingerprint density at radius 3 is 2.48 bits per heavy atom. The van der Waals surface area contributed by atoms with E-state index in [2.05, 4.69) is 35.8 Å². The number of rotatable bonds is 5. The molecule has 0 spiro atoms. The molecule has 9 nitrogen and oxygen atoms in total. The molecule has 0 aliphatic heterocycles. The summed E-state index contributed by atoms with van der Waals surface area (Å²) in [7, 11) is 1.38. The maximum absolute atomic E-state index is 13.0. The molecule has 1 aliphatic carbocycles. The van der Waals surface area contributed by atoms with E-state index in [1.54, 1.807) is 12.5 Å². The van der Waals surface area contributed by atoms with Gasteiger partial charge in [-0.2, -0.15) is 28.4 Å². The number of anilines is 3. The molecule has 154 valence electrons. The molecular weight excluding hydrogens is 387 g/mol. The van der Waals surface area contributed by atoms with Crippen LogP contribution >= 0.6 is 0 Å². The lowest BCUT2D eigenvalue weighted by Gasteiger charge is -2.35. The van der Waals surface area contributed by atoms with Gasteiger partial charge < -0.3 is 10.6 Å². The average molecular weight is 407 g/mol. The van der Waals surface area contributed by atoms with Gasteiger partial charge in [0.15, 0.2) is 0 Å². The molecule has 0 atom stereocenters. The highest BCUT2D eigenvalue weighted by Crippen LogP contribution is 2.42. The number of hydrogen-bond donors (Lipinski definition) is 2. The summed E-state index contributed by atoms with van der Waals surface area (Å²) in [6.07, 6.45) is 1.36. The predicted octanol–water partition coefficient (Wildman–Crippen LogP) is 3.26. The van der Waals surface area contributed by atoms with Crippen LogP contribution in [0.15, 0.2) is 18.7 Å². The number of halogens is 3. The normalized spacial score (nSPS) is 19.1. The summed E-state index contributed by atoms with van der Waals surface area (Å²) in [4.78, 5) is 11.9. The summed E-state index contributed by atoms with van der Waals surface area (Å²) >= 11 is 0. The number of nitrogens with zero attached hydrogens (tertiary/aromatic N) is 7. The van der Waals surface area contributed by atoms with Crippen LogP contribution in [0.5, 0.6) is 0 Å². The standard InChI is InChI=1S/C17H20F3N9/c1-9-14(25-16-22-6-13(17(18,19)20)15(21-3)26-16)7-24-29(9)12-4-11(5-12)28-8-23-10(2)27-28/h6-8,11-12H,4-5H2,1-3H3,(H2,21,22,25,26)/t11-,12-. The van der Waals surface area contributed by atoms with Crippen LogP contribution in [0, 0.1) is 13.8 Å². The van der Waals surface area contributed by atoms with Crippen LogP contribution in [0.1, 0.15) is 42.0 Å². The molecule has 0 unspecified atom stereocenters. The first-order valence-electron chi connectivity index (χ1n) is 9.07. The summed E-state index contributed by atoms with van der Waals surface area (Å²) in [5, 5.41) is 14.2. The number of nitrogens with one attached hydrogen (secondary N) is 2. The number of hydrogen-bond acceptors (Lipinski definition) is 7. The zero-order chi connectivity index (χ0) is 20.8. The minimum Gasteiger partial charge on any atom is -0.372 e. The van der Waals surface area contributed by atoms with E-state index in [1.165, 1.54) is 7.05 Å². The molecule has 0 saturated heterocycles. The van der Waals surface area contributed by atoms with Gasteiger partial charge in [-0.3, -0.25) is 4.68 Å². The monoisotopic (exact) mass is 407 g/mol. The highest BCUT2D eigenvalue weighted by molar-refractivity contribution is 5.58. The van der Waals surface area contributed by atoms with Crippen molar-refractivity contribution in [1.29, 1.82) is 0 Å². The lowest BCUT2D eigenvalue weighted by atomic mass is 9.87. The third-order valence-electron chi connectivity index (χ3n) is 5.05. The largest absolute Gasteiger partial charge is 0.421 e. The average Bonchev–Trinajstić information content (AvgIpc) is 3.20. The Labute approximate surface area is 164 Å². The van der Waals surface area contributed by atoms with Crippen LogP contribution in [0.4, 0.5) is 30.6 Å². The van der Waals surface area contributed by atoms with Crippen molar-refractivity contribution >= 4 is 17.5 Å². The maximum Gasteiger partial charge on any atom is 0.421 e. The van der Waals surface area contributed by atoms with Gasteiger partial charge in [-0.15, -0.1) is 0 Å². The van der Waals surface area contributed by atoms with Gasteiger partial charge in [0.05, 0.1) is 29.7 Å². The van der Waals surface area contributed by atoms with Crippen LogP contribution in [0.25, 0.3) is 0 Å². The fraction of sp³-hybridized carbons (Fsp3) is 0.471. The van der Waals surface area contributed by atoms with E-state index in [-0.39, 0.29) is 23.8 Å². The van der Waals surface area contributed by atoms with Crippen molar-refractivity contribution in [3.05, 3.63) is 35.8 Å². The highest BCUT2D eigenvalue weighted by Gasteiger charge is 2.36. The van der Waals surface area contributed by atoms with E-state index in [0.717, 1.165) is 30.6 Å². The molecule has 3 aromatic heterocycles. The van der Waals surface area contributed by atoms with E-state index in [4.69, 9.17) is 0 Å². The molecule has 3 aromatic rings. The second-order valence-corrected chi connectivity index (χ2v) is 6.97. The van der Waals surface area contributed by atoms with Gasteiger partial charge in [0.25, 0.3) is 0 Å². The van der Waals surface area contributed by atoms with Gasteiger partial charge in [-0.05, 0) is 26.7 Å². The smallest absolute Gasteiger partial charge is 0.372 e. The molecule has 29 heavy (non-hydrogen) atoms. The Balaban J connectivity index is 1.47. The van der Waals surface area contributed by atoms with Crippen molar-refractivity contribution in [2.75, 3.05) is 17.7 Å². The lowest BCUT2D eigenvalue weighted by molar-refractivity contribution is -0.137. The minimum atomic E-state index is -4.53. The number of alkyl halides is 3. The SMILES string of the molecule is CNc1nc(Nc2cnn([C@H]3C[C@H](n4cnc(C)n4)C3)c2C)ncc1C(F)(F)F. The van der Waals surface area contributed by atoms with E-state index in [9.17, 15) is 13.2 Å². The Hall–Kier alpha value is -3.18. The van der Waals surface area contributed by atoms with E-state index in [1.807, 2.05) is 23.2 Å². The van der Waals surface area contributed by atoms with E-state index < -0.39 is 11.7 Å². The highest BCUT2D eigenvalue weighted by atomic mass is 19.4. The Bertz CT molecular complexity index is 1020. The summed E-state index contributed by atoms with van der Waals surface area (Å²) < 4.78 is 42.7. The van der Waals surface area contributed by atoms with Crippen LogP contribution in [-0.2, 0) is 6.18 Å². The second-order valence-electron chi connectivity index (χ2n) is 6.97. The van der Waals surface area contributed by atoms with Gasteiger partial charge in [-0.1, -0.05) is 0 Å². The quantitative estimate of drug-likeness (QED) is 0.670. The summed E-state index contributed by atoms with van der Waals surface area (Å²) in [5.41, 5.74) is 0.589. The van der Waals surface area contributed by atoms with Gasteiger partial charge in [0.1, 0.15) is 23.5 Å². The van der Waals surface area contributed by atoms with Crippen LogP contribution < -0.4 is 10.6 Å².